The highest BCUT2D eigenvalue weighted by Gasteiger charge is 2.32. The van der Waals surface area contributed by atoms with Gasteiger partial charge in [-0.05, 0) is 43.2 Å². The minimum atomic E-state index is -3.66. The number of carbonyl (C=O) groups is 1. The molecule has 5 nitrogen and oxygen atoms in total. The number of rotatable bonds is 7. The summed E-state index contributed by atoms with van der Waals surface area (Å²) < 4.78 is 38.9. The molecule has 0 aromatic heterocycles. The molecule has 0 fully saturated rings. The highest BCUT2D eigenvalue weighted by Crippen LogP contribution is 2.23. The van der Waals surface area contributed by atoms with Gasteiger partial charge in [-0.25, -0.2) is 12.8 Å². The van der Waals surface area contributed by atoms with Crippen molar-refractivity contribution in [3.63, 3.8) is 0 Å². The number of nitrogens with zero attached hydrogens (tertiary/aromatic N) is 1. The summed E-state index contributed by atoms with van der Waals surface area (Å²) in [4.78, 5) is 12.8. The Hall–Kier alpha value is -2.41. The molecule has 2 atom stereocenters. The number of sulfonamides is 1. The summed E-state index contributed by atoms with van der Waals surface area (Å²) in [5, 5.41) is 2.82. The summed E-state index contributed by atoms with van der Waals surface area (Å²) in [6.07, 6.45) is 1.39. The lowest BCUT2D eigenvalue weighted by molar-refractivity contribution is -0.122. The first-order valence-electron chi connectivity index (χ1n) is 8.34. The molecule has 0 bridgehead atoms. The van der Waals surface area contributed by atoms with Gasteiger partial charge < -0.3 is 5.32 Å². The maximum Gasteiger partial charge on any atom is 0.244 e. The lowest BCUT2D eigenvalue weighted by Gasteiger charge is -2.31. The standard InChI is InChI=1S/C19H23FN2O3S/c1-4-18(22(26(3,24)25)17-8-6-5-7-9-17)19(23)21-14(2)15-10-12-16(20)13-11-15/h5-14,18H,4H2,1-3H3,(H,21,23)/t14-,18-/m0/s1. The minimum Gasteiger partial charge on any atom is -0.348 e. The van der Waals surface area contributed by atoms with Gasteiger partial charge in [0.25, 0.3) is 0 Å². The molecule has 26 heavy (non-hydrogen) atoms. The van der Waals surface area contributed by atoms with Crippen molar-refractivity contribution in [3.8, 4) is 0 Å². The number of amides is 1. The summed E-state index contributed by atoms with van der Waals surface area (Å²) in [5.74, 6) is -0.760. The van der Waals surface area contributed by atoms with Gasteiger partial charge in [0, 0.05) is 0 Å². The van der Waals surface area contributed by atoms with Crippen LogP contribution >= 0.6 is 0 Å². The van der Waals surface area contributed by atoms with Crippen molar-refractivity contribution in [1.29, 1.82) is 0 Å². The zero-order valence-electron chi connectivity index (χ0n) is 15.0. The van der Waals surface area contributed by atoms with Crippen LogP contribution in [0.5, 0.6) is 0 Å². The van der Waals surface area contributed by atoms with Crippen LogP contribution in [0.2, 0.25) is 0 Å². The van der Waals surface area contributed by atoms with Crippen LogP contribution in [0.1, 0.15) is 31.9 Å². The van der Waals surface area contributed by atoms with Crippen LogP contribution in [-0.2, 0) is 14.8 Å². The molecule has 2 aromatic carbocycles. The minimum absolute atomic E-state index is 0.309. The fraction of sp³-hybridized carbons (Fsp3) is 0.316. The molecule has 2 aromatic rings. The molecule has 0 heterocycles. The molecular weight excluding hydrogens is 355 g/mol. The first-order chi connectivity index (χ1) is 12.2. The Morgan fingerprint density at radius 3 is 2.19 bits per heavy atom. The van der Waals surface area contributed by atoms with Crippen molar-refractivity contribution in [1.82, 2.24) is 5.32 Å². The topological polar surface area (TPSA) is 66.5 Å². The van der Waals surface area contributed by atoms with Crippen LogP contribution in [0.15, 0.2) is 54.6 Å². The summed E-state index contributed by atoms with van der Waals surface area (Å²) in [6, 6.07) is 13.1. The van der Waals surface area contributed by atoms with Crippen molar-refractivity contribution < 1.29 is 17.6 Å². The number of benzene rings is 2. The molecule has 2 rings (SSSR count). The molecule has 0 spiro atoms. The SMILES string of the molecule is CC[C@@H](C(=O)N[C@@H](C)c1ccc(F)cc1)N(c1ccccc1)S(C)(=O)=O. The normalized spacial score (nSPS) is 13.7. The van der Waals surface area contributed by atoms with Gasteiger partial charge in [-0.15, -0.1) is 0 Å². The van der Waals surface area contributed by atoms with Gasteiger partial charge in [0.05, 0.1) is 18.0 Å². The van der Waals surface area contributed by atoms with Crippen LogP contribution in [-0.4, -0.2) is 26.6 Å². The smallest absolute Gasteiger partial charge is 0.244 e. The van der Waals surface area contributed by atoms with Crippen molar-refractivity contribution >= 4 is 21.6 Å². The van der Waals surface area contributed by atoms with E-state index < -0.39 is 22.0 Å². The molecule has 1 amide bonds. The van der Waals surface area contributed by atoms with Crippen molar-refractivity contribution in [2.45, 2.75) is 32.4 Å². The molecular formula is C19H23FN2O3S. The molecule has 0 aliphatic heterocycles. The van der Waals surface area contributed by atoms with Gasteiger partial charge in [0.15, 0.2) is 0 Å². The van der Waals surface area contributed by atoms with Crippen molar-refractivity contribution in [3.05, 3.63) is 66.0 Å². The molecule has 0 saturated heterocycles. The van der Waals surface area contributed by atoms with Crippen LogP contribution in [0.25, 0.3) is 0 Å². The molecule has 7 heteroatoms. The molecule has 0 saturated carbocycles. The number of carbonyl (C=O) groups excluding carboxylic acids is 1. The Bertz CT molecular complexity index is 839. The number of nitrogens with one attached hydrogen (secondary N) is 1. The fourth-order valence-electron chi connectivity index (χ4n) is 2.78. The first-order valence-corrected chi connectivity index (χ1v) is 10.2. The van der Waals surface area contributed by atoms with Crippen LogP contribution in [0, 0.1) is 5.82 Å². The first kappa shape index (κ1) is 19.9. The van der Waals surface area contributed by atoms with Gasteiger partial charge in [0.1, 0.15) is 11.9 Å². The van der Waals surface area contributed by atoms with Crippen LogP contribution < -0.4 is 9.62 Å². The predicted molar refractivity (Wildman–Crippen MR) is 101 cm³/mol. The Kier molecular flexibility index (Phi) is 6.37. The van der Waals surface area contributed by atoms with E-state index >= 15 is 0 Å². The molecule has 140 valence electrons. The van der Waals surface area contributed by atoms with E-state index in [2.05, 4.69) is 5.32 Å². The number of anilines is 1. The summed E-state index contributed by atoms with van der Waals surface area (Å²) in [6.45, 7) is 3.53. The van der Waals surface area contributed by atoms with Crippen molar-refractivity contribution in [2.24, 2.45) is 0 Å². The van der Waals surface area contributed by atoms with E-state index in [1.165, 1.54) is 12.1 Å². The molecule has 0 unspecified atom stereocenters. The number of halogens is 1. The summed E-state index contributed by atoms with van der Waals surface area (Å²) >= 11 is 0. The quantitative estimate of drug-likeness (QED) is 0.804. The van der Waals surface area contributed by atoms with Crippen LogP contribution in [0.3, 0.4) is 0 Å². The average Bonchev–Trinajstić information content (AvgIpc) is 2.59. The van der Waals surface area contributed by atoms with E-state index in [0.717, 1.165) is 16.1 Å². The second-order valence-corrected chi connectivity index (χ2v) is 7.96. The molecule has 1 N–H and O–H groups in total. The second kappa shape index (κ2) is 8.31. The van der Waals surface area contributed by atoms with Gasteiger partial charge in [0.2, 0.25) is 15.9 Å². The maximum absolute atomic E-state index is 13.1. The lowest BCUT2D eigenvalue weighted by Crippen LogP contribution is -2.49. The van der Waals surface area contributed by atoms with Crippen LogP contribution in [0.4, 0.5) is 10.1 Å². The van der Waals surface area contributed by atoms with Gasteiger partial charge in [-0.1, -0.05) is 37.3 Å². The number of para-hydroxylation sites is 1. The monoisotopic (exact) mass is 378 g/mol. The summed E-state index contributed by atoms with van der Waals surface area (Å²) in [5.41, 5.74) is 1.17. The third-order valence-electron chi connectivity index (χ3n) is 4.07. The Morgan fingerprint density at radius 2 is 1.69 bits per heavy atom. The van der Waals surface area contributed by atoms with E-state index in [4.69, 9.17) is 0 Å². The van der Waals surface area contributed by atoms with Gasteiger partial charge in [-0.2, -0.15) is 0 Å². The molecule has 0 radical (unpaired) electrons. The van der Waals surface area contributed by atoms with E-state index in [0.29, 0.717) is 12.1 Å². The molecule has 0 aliphatic rings. The highest BCUT2D eigenvalue weighted by atomic mass is 32.2. The fourth-order valence-corrected chi connectivity index (χ4v) is 3.99. The van der Waals surface area contributed by atoms with E-state index in [1.807, 2.05) is 0 Å². The van der Waals surface area contributed by atoms with Gasteiger partial charge >= 0.3 is 0 Å². The predicted octanol–water partition coefficient (Wildman–Crippen LogP) is 3.25. The average molecular weight is 378 g/mol. The van der Waals surface area contributed by atoms with E-state index in [9.17, 15) is 17.6 Å². The Balaban J connectivity index is 2.26. The number of hydrogen-bond acceptors (Lipinski definition) is 3. The largest absolute Gasteiger partial charge is 0.348 e. The lowest BCUT2D eigenvalue weighted by atomic mass is 10.1. The molecule has 0 aliphatic carbocycles. The van der Waals surface area contributed by atoms with Crippen molar-refractivity contribution in [2.75, 3.05) is 10.6 Å². The Morgan fingerprint density at radius 1 is 1.12 bits per heavy atom. The third-order valence-corrected chi connectivity index (χ3v) is 5.25. The second-order valence-electron chi connectivity index (χ2n) is 6.10. The zero-order chi connectivity index (χ0) is 19.3. The summed E-state index contributed by atoms with van der Waals surface area (Å²) in [7, 11) is -3.66. The van der Waals surface area contributed by atoms with E-state index in [-0.39, 0.29) is 11.9 Å². The zero-order valence-corrected chi connectivity index (χ0v) is 15.8. The maximum atomic E-state index is 13.1. The van der Waals surface area contributed by atoms with E-state index in [1.54, 1.807) is 56.3 Å². The Labute approximate surface area is 153 Å². The number of hydrogen-bond donors (Lipinski definition) is 1. The van der Waals surface area contributed by atoms with Gasteiger partial charge in [-0.3, -0.25) is 9.10 Å². The third kappa shape index (κ3) is 4.82. The highest BCUT2D eigenvalue weighted by molar-refractivity contribution is 7.92.